The van der Waals surface area contributed by atoms with Crippen LogP contribution >= 0.6 is 34.8 Å². The lowest BCUT2D eigenvalue weighted by Crippen LogP contribution is -2.42. The lowest BCUT2D eigenvalue weighted by molar-refractivity contribution is -0.180. The van der Waals surface area contributed by atoms with Gasteiger partial charge in [-0.3, -0.25) is 4.79 Å². The second-order valence-corrected chi connectivity index (χ2v) is 7.38. The van der Waals surface area contributed by atoms with Crippen molar-refractivity contribution in [1.82, 2.24) is 0 Å². The summed E-state index contributed by atoms with van der Waals surface area (Å²) in [6.45, 7) is 1.40. The lowest BCUT2D eigenvalue weighted by Gasteiger charge is -2.22. The standard InChI is InChI=1S/C19H16Cl3NO4/c20-12-4-1-2-5-15(12)25-9-3-8-23-17-14(22)7-6-13(21)16(17)19(18(23)24)26-10-11-27-19/h1-2,4-7H,3,8-11H2. The van der Waals surface area contributed by atoms with E-state index in [9.17, 15) is 4.79 Å². The minimum absolute atomic E-state index is 0.317. The number of amides is 1. The predicted molar refractivity (Wildman–Crippen MR) is 104 cm³/mol. The third-order valence-electron chi connectivity index (χ3n) is 4.52. The first-order valence-electron chi connectivity index (χ1n) is 8.50. The molecule has 0 radical (unpaired) electrons. The largest absolute Gasteiger partial charge is 0.492 e. The third-order valence-corrected chi connectivity index (χ3v) is 5.45. The molecule has 1 saturated heterocycles. The zero-order valence-electron chi connectivity index (χ0n) is 14.2. The number of nitrogens with zero attached hydrogens (tertiary/aromatic N) is 1. The molecule has 0 aliphatic carbocycles. The van der Waals surface area contributed by atoms with Crippen LogP contribution in [-0.4, -0.2) is 32.3 Å². The van der Waals surface area contributed by atoms with Gasteiger partial charge < -0.3 is 19.1 Å². The molecule has 5 nitrogen and oxygen atoms in total. The average molecular weight is 429 g/mol. The summed E-state index contributed by atoms with van der Waals surface area (Å²) in [6.07, 6.45) is 0.565. The Bertz CT molecular complexity index is 883. The van der Waals surface area contributed by atoms with Crippen LogP contribution in [0.1, 0.15) is 12.0 Å². The van der Waals surface area contributed by atoms with Gasteiger partial charge in [-0.15, -0.1) is 0 Å². The maximum atomic E-state index is 13.1. The van der Waals surface area contributed by atoms with E-state index in [0.717, 1.165) is 0 Å². The van der Waals surface area contributed by atoms with E-state index in [2.05, 4.69) is 0 Å². The van der Waals surface area contributed by atoms with Crippen LogP contribution in [0, 0.1) is 0 Å². The number of rotatable bonds is 5. The fourth-order valence-corrected chi connectivity index (χ4v) is 4.09. The Morgan fingerprint density at radius 1 is 1.00 bits per heavy atom. The van der Waals surface area contributed by atoms with Crippen molar-refractivity contribution in [2.75, 3.05) is 31.3 Å². The molecule has 1 fully saturated rings. The minimum Gasteiger partial charge on any atom is -0.492 e. The first-order chi connectivity index (χ1) is 13.0. The van der Waals surface area contributed by atoms with Gasteiger partial charge >= 0.3 is 0 Å². The summed E-state index contributed by atoms with van der Waals surface area (Å²) in [4.78, 5) is 14.7. The van der Waals surface area contributed by atoms with Crippen molar-refractivity contribution in [1.29, 1.82) is 0 Å². The number of benzene rings is 2. The van der Waals surface area contributed by atoms with Gasteiger partial charge in [-0.05, 0) is 30.7 Å². The first-order valence-corrected chi connectivity index (χ1v) is 9.63. The average Bonchev–Trinajstić information content (AvgIpc) is 3.24. The van der Waals surface area contributed by atoms with E-state index in [1.54, 1.807) is 29.2 Å². The van der Waals surface area contributed by atoms with Gasteiger partial charge in [0.1, 0.15) is 5.75 Å². The van der Waals surface area contributed by atoms with Crippen molar-refractivity contribution < 1.29 is 19.0 Å². The summed E-state index contributed by atoms with van der Waals surface area (Å²) < 4.78 is 17.1. The Morgan fingerprint density at radius 2 is 1.70 bits per heavy atom. The number of hydrogen-bond donors (Lipinski definition) is 0. The van der Waals surface area contributed by atoms with E-state index >= 15 is 0 Å². The molecule has 142 valence electrons. The summed E-state index contributed by atoms with van der Waals surface area (Å²) in [5, 5.41) is 1.35. The molecule has 2 aliphatic rings. The highest BCUT2D eigenvalue weighted by Crippen LogP contribution is 2.51. The van der Waals surface area contributed by atoms with Gasteiger partial charge in [0, 0.05) is 6.54 Å². The number of halogens is 3. The second kappa shape index (κ2) is 7.49. The van der Waals surface area contributed by atoms with Crippen molar-refractivity contribution in [3.8, 4) is 5.75 Å². The maximum absolute atomic E-state index is 13.1. The maximum Gasteiger partial charge on any atom is 0.292 e. The van der Waals surface area contributed by atoms with E-state index in [0.29, 0.717) is 64.9 Å². The van der Waals surface area contributed by atoms with Crippen LogP contribution in [-0.2, 0) is 20.1 Å². The predicted octanol–water partition coefficient (Wildman–Crippen LogP) is 4.66. The number of hydrogen-bond acceptors (Lipinski definition) is 4. The Labute approximate surface area is 171 Å². The van der Waals surface area contributed by atoms with E-state index in [1.165, 1.54) is 0 Å². The summed E-state index contributed by atoms with van der Waals surface area (Å²) in [5.74, 6) is -1.21. The SMILES string of the molecule is O=C1N(CCCOc2ccccc2Cl)c2c(Cl)ccc(Cl)c2C12OCCO2. The van der Waals surface area contributed by atoms with E-state index in [4.69, 9.17) is 49.0 Å². The molecule has 2 aliphatic heterocycles. The van der Waals surface area contributed by atoms with Crippen molar-refractivity contribution >= 4 is 46.4 Å². The number of fused-ring (bicyclic) bond motifs is 2. The molecule has 0 saturated carbocycles. The lowest BCUT2D eigenvalue weighted by atomic mass is 10.1. The molecule has 1 amide bonds. The molecule has 27 heavy (non-hydrogen) atoms. The van der Waals surface area contributed by atoms with Gasteiger partial charge in [0.05, 0.1) is 46.1 Å². The summed E-state index contributed by atoms with van der Waals surface area (Å²) in [5.41, 5.74) is 1.01. The van der Waals surface area contributed by atoms with Gasteiger partial charge in [0.2, 0.25) is 0 Å². The highest BCUT2D eigenvalue weighted by molar-refractivity contribution is 6.38. The van der Waals surface area contributed by atoms with E-state index in [1.807, 2.05) is 12.1 Å². The van der Waals surface area contributed by atoms with Crippen molar-refractivity contribution in [2.45, 2.75) is 12.2 Å². The zero-order valence-corrected chi connectivity index (χ0v) is 16.5. The molecule has 2 aromatic rings. The summed E-state index contributed by atoms with van der Waals surface area (Å²) >= 11 is 18.8. The van der Waals surface area contributed by atoms with Crippen LogP contribution in [0.3, 0.4) is 0 Å². The Kier molecular flexibility index (Phi) is 5.23. The molecule has 0 aromatic heterocycles. The number of para-hydroxylation sites is 1. The molecule has 4 rings (SSSR count). The molecule has 8 heteroatoms. The van der Waals surface area contributed by atoms with Crippen LogP contribution < -0.4 is 9.64 Å². The topological polar surface area (TPSA) is 48.0 Å². The molecule has 2 heterocycles. The van der Waals surface area contributed by atoms with E-state index in [-0.39, 0.29) is 5.91 Å². The second-order valence-electron chi connectivity index (χ2n) is 6.16. The van der Waals surface area contributed by atoms with Gasteiger partial charge in [-0.25, -0.2) is 0 Å². The number of anilines is 1. The van der Waals surface area contributed by atoms with Crippen LogP contribution in [0.25, 0.3) is 0 Å². The molecular formula is C19H16Cl3NO4. The van der Waals surface area contributed by atoms with Gasteiger partial charge in [0.25, 0.3) is 11.7 Å². The zero-order chi connectivity index (χ0) is 19.0. The Morgan fingerprint density at radius 3 is 2.44 bits per heavy atom. The molecule has 0 N–H and O–H groups in total. The molecule has 0 atom stereocenters. The Hall–Kier alpha value is -1.50. The smallest absolute Gasteiger partial charge is 0.292 e. The normalized spacial score (nSPS) is 17.6. The highest BCUT2D eigenvalue weighted by Gasteiger charge is 2.57. The molecule has 0 bridgehead atoms. The highest BCUT2D eigenvalue weighted by atomic mass is 35.5. The molecule has 0 unspecified atom stereocenters. The van der Waals surface area contributed by atoms with E-state index < -0.39 is 5.79 Å². The number of ether oxygens (including phenoxy) is 3. The molecule has 2 aromatic carbocycles. The minimum atomic E-state index is -1.50. The van der Waals surface area contributed by atoms with Gasteiger partial charge in [0.15, 0.2) is 0 Å². The fourth-order valence-electron chi connectivity index (χ4n) is 3.36. The van der Waals surface area contributed by atoms with Crippen LogP contribution in [0.15, 0.2) is 36.4 Å². The van der Waals surface area contributed by atoms with Crippen LogP contribution in [0.5, 0.6) is 5.75 Å². The third kappa shape index (κ3) is 3.18. The first kappa shape index (κ1) is 18.8. The monoisotopic (exact) mass is 427 g/mol. The number of carbonyl (C=O) groups excluding carboxylic acids is 1. The number of carbonyl (C=O) groups is 1. The quantitative estimate of drug-likeness (QED) is 0.650. The molecular weight excluding hydrogens is 413 g/mol. The van der Waals surface area contributed by atoms with Crippen LogP contribution in [0.2, 0.25) is 15.1 Å². The van der Waals surface area contributed by atoms with Crippen molar-refractivity contribution in [2.24, 2.45) is 0 Å². The Balaban J connectivity index is 1.53. The van der Waals surface area contributed by atoms with Gasteiger partial charge in [-0.2, -0.15) is 0 Å². The summed E-state index contributed by atoms with van der Waals surface area (Å²) in [6, 6.07) is 10.6. The van der Waals surface area contributed by atoms with Crippen molar-refractivity contribution in [3.05, 3.63) is 57.0 Å². The fraction of sp³-hybridized carbons (Fsp3) is 0.316. The van der Waals surface area contributed by atoms with Gasteiger partial charge in [-0.1, -0.05) is 46.9 Å². The van der Waals surface area contributed by atoms with Crippen molar-refractivity contribution in [3.63, 3.8) is 0 Å². The summed E-state index contributed by atoms with van der Waals surface area (Å²) in [7, 11) is 0. The molecule has 1 spiro atoms. The van der Waals surface area contributed by atoms with Crippen LogP contribution in [0.4, 0.5) is 5.69 Å².